The Morgan fingerprint density at radius 1 is 0.667 bits per heavy atom. The summed E-state index contributed by atoms with van der Waals surface area (Å²) < 4.78 is 0. The largest absolute Gasteiger partial charge is 0.150 e. The third kappa shape index (κ3) is 2.83. The molecule has 0 atom stereocenters. The zero-order valence-electron chi connectivity index (χ0n) is 10.9. The van der Waals surface area contributed by atoms with Gasteiger partial charge in [0.15, 0.2) is 0 Å². The lowest BCUT2D eigenvalue weighted by atomic mass is 10.1. The van der Waals surface area contributed by atoms with Crippen molar-refractivity contribution in [1.82, 2.24) is 0 Å². The van der Waals surface area contributed by atoms with E-state index in [9.17, 15) is 0 Å². The lowest BCUT2D eigenvalue weighted by molar-refractivity contribution is 1.08. The molecule has 0 saturated heterocycles. The predicted molar refractivity (Wildman–Crippen MR) is 75.8 cm³/mol. The van der Waals surface area contributed by atoms with E-state index in [4.69, 9.17) is 0 Å². The molecule has 2 aromatic rings. The Balaban J connectivity index is 2.30. The molecule has 92 valence electrons. The van der Waals surface area contributed by atoms with Crippen LogP contribution in [0.25, 0.3) is 0 Å². The molecule has 2 rings (SSSR count). The lowest BCUT2D eigenvalue weighted by Crippen LogP contribution is -1.81. The van der Waals surface area contributed by atoms with E-state index in [1.54, 1.807) is 0 Å². The summed E-state index contributed by atoms with van der Waals surface area (Å²) >= 11 is 0. The van der Waals surface area contributed by atoms with Crippen LogP contribution in [0.5, 0.6) is 0 Å². The summed E-state index contributed by atoms with van der Waals surface area (Å²) in [6.45, 7) is 4.27. The molecule has 0 spiro atoms. The molecule has 0 heterocycles. The van der Waals surface area contributed by atoms with E-state index in [0.717, 1.165) is 24.2 Å². The van der Waals surface area contributed by atoms with Crippen molar-refractivity contribution in [3.8, 4) is 0 Å². The van der Waals surface area contributed by atoms with E-state index in [2.05, 4.69) is 36.2 Å². The average molecular weight is 238 g/mol. The Morgan fingerprint density at radius 3 is 1.44 bits per heavy atom. The van der Waals surface area contributed by atoms with Gasteiger partial charge in [-0.05, 0) is 36.1 Å². The van der Waals surface area contributed by atoms with Crippen LogP contribution in [0.1, 0.15) is 25.0 Å². The molecule has 0 bridgehead atoms. The maximum atomic E-state index is 4.38. The summed E-state index contributed by atoms with van der Waals surface area (Å²) in [5.74, 6) is 0. The number of hydrogen-bond donors (Lipinski definition) is 0. The zero-order valence-corrected chi connectivity index (χ0v) is 10.9. The molecular formula is C16H18N2. The Bertz CT molecular complexity index is 495. The van der Waals surface area contributed by atoms with Gasteiger partial charge in [0.25, 0.3) is 0 Å². The Morgan fingerprint density at radius 2 is 1.06 bits per heavy atom. The van der Waals surface area contributed by atoms with Crippen molar-refractivity contribution in [3.63, 3.8) is 0 Å². The van der Waals surface area contributed by atoms with Crippen LogP contribution >= 0.6 is 0 Å². The number of hydrogen-bond acceptors (Lipinski definition) is 2. The normalized spacial score (nSPS) is 11.0. The average Bonchev–Trinajstić information content (AvgIpc) is 2.45. The topological polar surface area (TPSA) is 24.7 Å². The molecular weight excluding hydrogens is 220 g/mol. The van der Waals surface area contributed by atoms with E-state index >= 15 is 0 Å². The highest BCUT2D eigenvalue weighted by atomic mass is 15.1. The highest BCUT2D eigenvalue weighted by molar-refractivity contribution is 5.48. The molecule has 2 heteroatoms. The molecule has 18 heavy (non-hydrogen) atoms. The monoisotopic (exact) mass is 238 g/mol. The first-order chi connectivity index (χ1) is 8.85. The van der Waals surface area contributed by atoms with Crippen LogP contribution in [0.3, 0.4) is 0 Å². The van der Waals surface area contributed by atoms with Crippen LogP contribution in [0.2, 0.25) is 0 Å². The van der Waals surface area contributed by atoms with Gasteiger partial charge in [-0.2, -0.15) is 10.2 Å². The minimum absolute atomic E-state index is 0.964. The molecule has 0 unspecified atom stereocenters. The molecule has 0 radical (unpaired) electrons. The van der Waals surface area contributed by atoms with Crippen LogP contribution in [0.15, 0.2) is 58.8 Å². The van der Waals surface area contributed by atoms with Gasteiger partial charge in [0.2, 0.25) is 0 Å². The van der Waals surface area contributed by atoms with Crippen LogP contribution in [0, 0.1) is 0 Å². The van der Waals surface area contributed by atoms with Gasteiger partial charge in [-0.15, -0.1) is 0 Å². The molecule has 0 saturated carbocycles. The summed E-state index contributed by atoms with van der Waals surface area (Å²) in [6.07, 6.45) is 1.95. The number of rotatable bonds is 4. The Labute approximate surface area is 108 Å². The first-order valence-corrected chi connectivity index (χ1v) is 6.42. The van der Waals surface area contributed by atoms with Crippen LogP contribution in [-0.4, -0.2) is 0 Å². The first-order valence-electron chi connectivity index (χ1n) is 6.42. The number of nitrogens with zero attached hydrogens (tertiary/aromatic N) is 2. The minimum atomic E-state index is 0.964. The highest BCUT2D eigenvalue weighted by Gasteiger charge is 1.99. The van der Waals surface area contributed by atoms with E-state index < -0.39 is 0 Å². The molecule has 0 aromatic heterocycles. The fraction of sp³-hybridized carbons (Fsp3) is 0.250. The van der Waals surface area contributed by atoms with Crippen molar-refractivity contribution in [1.29, 1.82) is 0 Å². The van der Waals surface area contributed by atoms with E-state index in [-0.39, 0.29) is 0 Å². The lowest BCUT2D eigenvalue weighted by Gasteiger charge is -2.02. The van der Waals surface area contributed by atoms with Gasteiger partial charge >= 0.3 is 0 Å². The molecule has 0 fully saturated rings. The van der Waals surface area contributed by atoms with Crippen molar-refractivity contribution >= 4 is 11.4 Å². The molecule has 0 aliphatic carbocycles. The maximum Gasteiger partial charge on any atom is 0.0888 e. The zero-order chi connectivity index (χ0) is 12.8. The van der Waals surface area contributed by atoms with Crippen molar-refractivity contribution in [2.45, 2.75) is 26.7 Å². The quantitative estimate of drug-likeness (QED) is 0.652. The van der Waals surface area contributed by atoms with E-state index in [0.29, 0.717) is 0 Å². The SMILES string of the molecule is CCc1ccccc1/N=N/c1ccccc1CC. The van der Waals surface area contributed by atoms with Crippen LogP contribution in [0.4, 0.5) is 11.4 Å². The van der Waals surface area contributed by atoms with Crippen molar-refractivity contribution < 1.29 is 0 Å². The van der Waals surface area contributed by atoms with Gasteiger partial charge in [0.1, 0.15) is 0 Å². The van der Waals surface area contributed by atoms with Crippen molar-refractivity contribution in [3.05, 3.63) is 59.7 Å². The van der Waals surface area contributed by atoms with Gasteiger partial charge in [-0.25, -0.2) is 0 Å². The number of aryl methyl sites for hydroxylation is 2. The van der Waals surface area contributed by atoms with Crippen molar-refractivity contribution in [2.24, 2.45) is 10.2 Å². The molecule has 0 N–H and O–H groups in total. The maximum absolute atomic E-state index is 4.38. The third-order valence-electron chi connectivity index (χ3n) is 3.01. The van der Waals surface area contributed by atoms with Gasteiger partial charge < -0.3 is 0 Å². The smallest absolute Gasteiger partial charge is 0.0888 e. The molecule has 0 aliphatic heterocycles. The van der Waals surface area contributed by atoms with Gasteiger partial charge in [0, 0.05) is 0 Å². The summed E-state index contributed by atoms with van der Waals surface area (Å²) in [6, 6.07) is 16.3. The standard InChI is InChI=1S/C16H18N2/c1-3-13-9-5-7-11-15(13)17-18-16-12-8-6-10-14(16)4-2/h5-12H,3-4H2,1-2H3/b18-17+. The molecule has 2 nitrogen and oxygen atoms in total. The Kier molecular flexibility index (Phi) is 4.24. The molecule has 0 aliphatic rings. The minimum Gasteiger partial charge on any atom is -0.150 e. The predicted octanol–water partition coefficient (Wildman–Crippen LogP) is 5.23. The first kappa shape index (κ1) is 12.5. The van der Waals surface area contributed by atoms with Crippen molar-refractivity contribution in [2.75, 3.05) is 0 Å². The summed E-state index contributed by atoms with van der Waals surface area (Å²) in [4.78, 5) is 0. The second kappa shape index (κ2) is 6.10. The fourth-order valence-electron chi connectivity index (χ4n) is 1.92. The molecule has 2 aromatic carbocycles. The third-order valence-corrected chi connectivity index (χ3v) is 3.01. The molecule has 0 amide bonds. The van der Waals surface area contributed by atoms with Gasteiger partial charge in [-0.1, -0.05) is 50.2 Å². The summed E-state index contributed by atoms with van der Waals surface area (Å²) in [5.41, 5.74) is 4.39. The number of azo groups is 1. The van der Waals surface area contributed by atoms with Crippen LogP contribution in [-0.2, 0) is 12.8 Å². The van der Waals surface area contributed by atoms with Gasteiger partial charge in [-0.3, -0.25) is 0 Å². The second-order valence-electron chi connectivity index (χ2n) is 4.16. The Hall–Kier alpha value is -1.96. The summed E-state index contributed by atoms with van der Waals surface area (Å²) in [5, 5.41) is 8.76. The highest BCUT2D eigenvalue weighted by Crippen LogP contribution is 2.25. The van der Waals surface area contributed by atoms with Crippen LogP contribution < -0.4 is 0 Å². The van der Waals surface area contributed by atoms with Gasteiger partial charge in [0.05, 0.1) is 11.4 Å². The van der Waals surface area contributed by atoms with E-state index in [1.165, 1.54) is 11.1 Å². The number of benzene rings is 2. The summed E-state index contributed by atoms with van der Waals surface area (Å²) in [7, 11) is 0. The van der Waals surface area contributed by atoms with E-state index in [1.807, 2.05) is 36.4 Å². The fourth-order valence-corrected chi connectivity index (χ4v) is 1.92. The second-order valence-corrected chi connectivity index (χ2v) is 4.16.